The first-order valence-corrected chi connectivity index (χ1v) is 7.60. The number of hydrogen-bond acceptors (Lipinski definition) is 5. The highest BCUT2D eigenvalue weighted by molar-refractivity contribution is 5.98. The first kappa shape index (κ1) is 15.7. The molecule has 122 valence electrons. The molecule has 0 radical (unpaired) electrons. The lowest BCUT2D eigenvalue weighted by atomic mass is 10.1. The van der Waals surface area contributed by atoms with Crippen LogP contribution >= 0.6 is 0 Å². The Balaban J connectivity index is 2.24. The van der Waals surface area contributed by atoms with Gasteiger partial charge in [0.05, 0.1) is 23.4 Å². The van der Waals surface area contributed by atoms with E-state index >= 15 is 0 Å². The highest BCUT2D eigenvalue weighted by atomic mass is 16.5. The zero-order chi connectivity index (χ0) is 17.1. The maximum absolute atomic E-state index is 12.3. The number of benzene rings is 2. The van der Waals surface area contributed by atoms with Crippen molar-refractivity contribution in [1.82, 2.24) is 15.0 Å². The van der Waals surface area contributed by atoms with Gasteiger partial charge in [-0.3, -0.25) is 0 Å². The van der Waals surface area contributed by atoms with Gasteiger partial charge in [0.1, 0.15) is 11.3 Å². The van der Waals surface area contributed by atoms with Crippen molar-refractivity contribution in [3.05, 3.63) is 59.7 Å². The number of rotatable bonds is 4. The van der Waals surface area contributed by atoms with E-state index in [2.05, 4.69) is 10.3 Å². The molecule has 1 N–H and O–H groups in total. The fraction of sp³-hybridized carbons (Fsp3) is 0.167. The SMILES string of the molecule is CCOC(=O)C(C)=C(c1ccc(O)cc1)n1nnc2ccccc21. The number of hydrogen-bond donors (Lipinski definition) is 1. The number of nitrogens with zero attached hydrogens (tertiary/aromatic N) is 3. The maximum Gasteiger partial charge on any atom is 0.335 e. The van der Waals surface area contributed by atoms with Crippen LogP contribution in [0.1, 0.15) is 19.4 Å². The number of para-hydroxylation sites is 1. The Kier molecular flexibility index (Phi) is 4.29. The number of ether oxygens (including phenoxy) is 1. The molecular weight excluding hydrogens is 306 g/mol. The summed E-state index contributed by atoms with van der Waals surface area (Å²) in [6.45, 7) is 3.74. The second-order valence-corrected chi connectivity index (χ2v) is 5.23. The molecule has 0 unspecified atom stereocenters. The standard InChI is InChI=1S/C18H17N3O3/c1-3-24-18(23)12(2)17(13-8-10-14(22)11-9-13)21-16-7-5-4-6-15(16)19-20-21/h4-11,22H,3H2,1-2H3. The Morgan fingerprint density at radius 1 is 1.17 bits per heavy atom. The van der Waals surface area contributed by atoms with Crippen LogP contribution in [0.3, 0.4) is 0 Å². The van der Waals surface area contributed by atoms with E-state index in [9.17, 15) is 9.90 Å². The first-order chi connectivity index (χ1) is 11.6. The summed E-state index contributed by atoms with van der Waals surface area (Å²) in [6.07, 6.45) is 0. The predicted octanol–water partition coefficient (Wildman–Crippen LogP) is 2.98. The lowest BCUT2D eigenvalue weighted by Crippen LogP contribution is -2.12. The van der Waals surface area contributed by atoms with Crippen LogP contribution in [0.15, 0.2) is 54.1 Å². The summed E-state index contributed by atoms with van der Waals surface area (Å²) >= 11 is 0. The van der Waals surface area contributed by atoms with Gasteiger partial charge >= 0.3 is 5.97 Å². The number of fused-ring (bicyclic) bond motifs is 1. The third-order valence-electron chi connectivity index (χ3n) is 3.64. The van der Waals surface area contributed by atoms with Crippen LogP contribution in [0, 0.1) is 0 Å². The Morgan fingerprint density at radius 2 is 1.88 bits per heavy atom. The fourth-order valence-electron chi connectivity index (χ4n) is 2.49. The topological polar surface area (TPSA) is 77.2 Å². The summed E-state index contributed by atoms with van der Waals surface area (Å²) in [5.41, 5.74) is 3.23. The molecule has 6 nitrogen and oxygen atoms in total. The number of esters is 1. The largest absolute Gasteiger partial charge is 0.508 e. The van der Waals surface area contributed by atoms with Crippen molar-refractivity contribution in [3.63, 3.8) is 0 Å². The molecule has 0 amide bonds. The summed E-state index contributed by atoms with van der Waals surface area (Å²) in [5, 5.41) is 17.9. The van der Waals surface area contributed by atoms with E-state index in [1.165, 1.54) is 0 Å². The minimum Gasteiger partial charge on any atom is -0.508 e. The van der Waals surface area contributed by atoms with Crippen molar-refractivity contribution < 1.29 is 14.6 Å². The molecule has 6 heteroatoms. The molecule has 0 aliphatic carbocycles. The van der Waals surface area contributed by atoms with Gasteiger partial charge in [-0.15, -0.1) is 5.10 Å². The van der Waals surface area contributed by atoms with Gasteiger partial charge in [0.2, 0.25) is 0 Å². The van der Waals surface area contributed by atoms with Crippen molar-refractivity contribution in [3.8, 4) is 5.75 Å². The molecule has 0 spiro atoms. The number of carbonyl (C=O) groups is 1. The van der Waals surface area contributed by atoms with Gasteiger partial charge < -0.3 is 9.84 Å². The second-order valence-electron chi connectivity index (χ2n) is 5.23. The van der Waals surface area contributed by atoms with E-state index in [0.29, 0.717) is 11.3 Å². The van der Waals surface area contributed by atoms with Gasteiger partial charge in [0, 0.05) is 5.56 Å². The molecule has 3 rings (SSSR count). The van der Waals surface area contributed by atoms with Crippen LogP contribution < -0.4 is 0 Å². The zero-order valence-electron chi connectivity index (χ0n) is 13.4. The van der Waals surface area contributed by atoms with E-state index in [1.54, 1.807) is 42.8 Å². The molecule has 1 heterocycles. The van der Waals surface area contributed by atoms with E-state index in [-0.39, 0.29) is 12.4 Å². The molecule has 0 fully saturated rings. The molecule has 0 aliphatic heterocycles. The number of phenolic OH excluding ortho intramolecular Hbond substituents is 1. The number of carbonyl (C=O) groups excluding carboxylic acids is 1. The molecule has 3 aromatic rings. The van der Waals surface area contributed by atoms with Crippen molar-refractivity contribution in [2.24, 2.45) is 0 Å². The van der Waals surface area contributed by atoms with Crippen LogP contribution in [0.5, 0.6) is 5.75 Å². The normalized spacial score (nSPS) is 12.1. The van der Waals surface area contributed by atoms with Gasteiger partial charge in [-0.1, -0.05) is 17.3 Å². The second kappa shape index (κ2) is 6.54. The smallest absolute Gasteiger partial charge is 0.335 e. The van der Waals surface area contributed by atoms with Gasteiger partial charge in [-0.2, -0.15) is 0 Å². The van der Waals surface area contributed by atoms with E-state index in [0.717, 1.165) is 16.6 Å². The van der Waals surface area contributed by atoms with Crippen LogP contribution in [0.25, 0.3) is 16.7 Å². The van der Waals surface area contributed by atoms with Crippen molar-refractivity contribution >= 4 is 22.7 Å². The molecule has 0 saturated heterocycles. The Labute approximate surface area is 139 Å². The molecule has 1 aromatic heterocycles. The van der Waals surface area contributed by atoms with Gasteiger partial charge in [-0.25, -0.2) is 9.48 Å². The highest BCUT2D eigenvalue weighted by Crippen LogP contribution is 2.26. The lowest BCUT2D eigenvalue weighted by Gasteiger charge is -2.13. The Morgan fingerprint density at radius 3 is 2.58 bits per heavy atom. The van der Waals surface area contributed by atoms with Crippen molar-refractivity contribution in [2.45, 2.75) is 13.8 Å². The number of phenols is 1. The lowest BCUT2D eigenvalue weighted by molar-refractivity contribution is -0.138. The zero-order valence-corrected chi connectivity index (χ0v) is 13.4. The highest BCUT2D eigenvalue weighted by Gasteiger charge is 2.18. The average molecular weight is 323 g/mol. The first-order valence-electron chi connectivity index (χ1n) is 7.60. The van der Waals surface area contributed by atoms with Crippen LogP contribution in [0.2, 0.25) is 0 Å². The number of aromatic hydroxyl groups is 1. The van der Waals surface area contributed by atoms with E-state index < -0.39 is 5.97 Å². The van der Waals surface area contributed by atoms with E-state index in [4.69, 9.17) is 4.74 Å². The maximum atomic E-state index is 12.3. The monoisotopic (exact) mass is 323 g/mol. The van der Waals surface area contributed by atoms with Crippen LogP contribution in [-0.2, 0) is 9.53 Å². The molecule has 24 heavy (non-hydrogen) atoms. The molecule has 0 aliphatic rings. The van der Waals surface area contributed by atoms with Crippen LogP contribution in [-0.4, -0.2) is 32.7 Å². The Bertz CT molecular complexity index is 911. The summed E-state index contributed by atoms with van der Waals surface area (Å²) in [5.74, 6) is -0.268. The minimum absolute atomic E-state index is 0.148. The van der Waals surface area contributed by atoms with Crippen LogP contribution in [0.4, 0.5) is 0 Å². The summed E-state index contributed by atoms with van der Waals surface area (Å²) in [7, 11) is 0. The third-order valence-corrected chi connectivity index (χ3v) is 3.64. The quantitative estimate of drug-likeness (QED) is 0.590. The van der Waals surface area contributed by atoms with Gasteiger partial charge in [-0.05, 0) is 50.2 Å². The number of aromatic nitrogens is 3. The summed E-state index contributed by atoms with van der Waals surface area (Å²) in [6, 6.07) is 14.1. The summed E-state index contributed by atoms with van der Waals surface area (Å²) < 4.78 is 6.75. The minimum atomic E-state index is -0.417. The molecule has 0 saturated carbocycles. The van der Waals surface area contributed by atoms with Crippen molar-refractivity contribution in [2.75, 3.05) is 6.61 Å². The van der Waals surface area contributed by atoms with Gasteiger partial charge in [0.15, 0.2) is 0 Å². The summed E-state index contributed by atoms with van der Waals surface area (Å²) in [4.78, 5) is 12.3. The molecular formula is C18H17N3O3. The Hall–Kier alpha value is -3.15. The molecule has 0 bridgehead atoms. The molecule has 0 atom stereocenters. The average Bonchev–Trinajstić information content (AvgIpc) is 3.01. The predicted molar refractivity (Wildman–Crippen MR) is 90.3 cm³/mol. The fourth-order valence-corrected chi connectivity index (χ4v) is 2.49. The molecule has 2 aromatic carbocycles. The van der Waals surface area contributed by atoms with E-state index in [1.807, 2.05) is 24.3 Å². The third kappa shape index (κ3) is 2.86. The van der Waals surface area contributed by atoms with Gasteiger partial charge in [0.25, 0.3) is 0 Å². The van der Waals surface area contributed by atoms with Crippen molar-refractivity contribution in [1.29, 1.82) is 0 Å².